The Morgan fingerprint density at radius 2 is 1.84 bits per heavy atom. The lowest BCUT2D eigenvalue weighted by atomic mass is 10.2. The number of aryl methyl sites for hydroxylation is 2. The lowest BCUT2D eigenvalue weighted by molar-refractivity contribution is -0.384. The van der Waals surface area contributed by atoms with E-state index in [1.165, 1.54) is 23.0 Å². The molecule has 0 aliphatic carbocycles. The molecule has 1 N–H and O–H groups in total. The summed E-state index contributed by atoms with van der Waals surface area (Å²) in [6, 6.07) is 13.1. The van der Waals surface area contributed by atoms with Gasteiger partial charge in [0.05, 0.1) is 33.2 Å². The number of hydrogen-bond acceptors (Lipinski definition) is 5. The minimum Gasteiger partial charge on any atom is -0.295 e. The van der Waals surface area contributed by atoms with Crippen molar-refractivity contribution < 1.29 is 4.92 Å². The van der Waals surface area contributed by atoms with Crippen LogP contribution in [0.5, 0.6) is 0 Å². The maximum Gasteiger partial charge on any atom is 0.280 e. The number of aromatic amines is 1. The molecule has 2 aromatic carbocycles. The molecule has 32 heavy (non-hydrogen) atoms. The van der Waals surface area contributed by atoms with Gasteiger partial charge in [0, 0.05) is 29.1 Å². The van der Waals surface area contributed by atoms with E-state index in [-0.39, 0.29) is 11.2 Å². The lowest BCUT2D eigenvalue weighted by Crippen LogP contribution is -2.17. The Morgan fingerprint density at radius 3 is 2.50 bits per heavy atom. The van der Waals surface area contributed by atoms with Crippen molar-refractivity contribution in [2.75, 3.05) is 0 Å². The fourth-order valence-electron chi connectivity index (χ4n) is 3.43. The van der Waals surface area contributed by atoms with Crippen LogP contribution in [0, 0.1) is 30.9 Å². The van der Waals surface area contributed by atoms with Gasteiger partial charge < -0.3 is 0 Å². The van der Waals surface area contributed by atoms with E-state index in [4.69, 9.17) is 11.6 Å². The molecule has 2 aromatic heterocycles. The Hall–Kier alpha value is -3.98. The van der Waals surface area contributed by atoms with Crippen molar-refractivity contribution >= 4 is 29.2 Å². The zero-order chi connectivity index (χ0) is 23.0. The van der Waals surface area contributed by atoms with Crippen LogP contribution >= 0.6 is 11.6 Å². The Labute approximate surface area is 187 Å². The predicted molar refractivity (Wildman–Crippen MR) is 123 cm³/mol. The quantitative estimate of drug-likeness (QED) is 0.272. The average molecular weight is 451 g/mol. The molecule has 0 aliphatic rings. The highest BCUT2D eigenvalue weighted by Crippen LogP contribution is 2.26. The summed E-state index contributed by atoms with van der Waals surface area (Å²) >= 11 is 6.05. The van der Waals surface area contributed by atoms with Gasteiger partial charge in [0.2, 0.25) is 0 Å². The van der Waals surface area contributed by atoms with Crippen LogP contribution in [0.15, 0.2) is 58.3 Å². The van der Waals surface area contributed by atoms with Crippen LogP contribution in [0.4, 0.5) is 11.4 Å². The summed E-state index contributed by atoms with van der Waals surface area (Å²) in [4.78, 5) is 27.9. The van der Waals surface area contributed by atoms with Crippen LogP contribution in [0.2, 0.25) is 5.02 Å². The van der Waals surface area contributed by atoms with Gasteiger partial charge in [0.1, 0.15) is 5.69 Å². The Bertz CT molecular complexity index is 1410. The van der Waals surface area contributed by atoms with Gasteiger partial charge in [-0.25, -0.2) is 9.36 Å². The topological polar surface area (TPSA) is 111 Å². The number of nitro benzene ring substituents is 1. The number of halogens is 1. The van der Waals surface area contributed by atoms with Gasteiger partial charge in [-0.1, -0.05) is 17.7 Å². The van der Waals surface area contributed by atoms with Gasteiger partial charge in [-0.05, 0) is 51.1 Å². The zero-order valence-corrected chi connectivity index (χ0v) is 18.3. The van der Waals surface area contributed by atoms with Crippen molar-refractivity contribution in [1.82, 2.24) is 19.6 Å². The maximum atomic E-state index is 12.9. The van der Waals surface area contributed by atoms with Gasteiger partial charge in [-0.3, -0.25) is 25.0 Å². The molecule has 0 saturated carbocycles. The van der Waals surface area contributed by atoms with Crippen LogP contribution in [0.1, 0.15) is 22.6 Å². The molecule has 162 valence electrons. The first-order valence-electron chi connectivity index (χ1n) is 9.69. The molecule has 4 rings (SSSR count). The summed E-state index contributed by atoms with van der Waals surface area (Å²) < 4.78 is 3.09. The van der Waals surface area contributed by atoms with Crippen molar-refractivity contribution in [3.8, 4) is 11.4 Å². The molecule has 0 aliphatic heterocycles. The number of H-pyrrole nitrogens is 1. The number of aliphatic imine (C=N–C) groups is 1. The molecule has 0 spiro atoms. The molecule has 2 heterocycles. The van der Waals surface area contributed by atoms with Crippen LogP contribution < -0.4 is 5.56 Å². The Balaban J connectivity index is 1.69. The summed E-state index contributed by atoms with van der Waals surface area (Å²) in [7, 11) is 0. The summed E-state index contributed by atoms with van der Waals surface area (Å²) in [5.41, 5.74) is 4.19. The first-order chi connectivity index (χ1) is 15.3. The molecule has 4 aromatic rings. The third-order valence-electron chi connectivity index (χ3n) is 5.06. The van der Waals surface area contributed by atoms with Crippen molar-refractivity contribution in [3.63, 3.8) is 0 Å². The molecule has 0 fully saturated rings. The smallest absolute Gasteiger partial charge is 0.280 e. The molecular weight excluding hydrogens is 432 g/mol. The first-order valence-corrected chi connectivity index (χ1v) is 10.1. The standard InChI is InChI=1S/C22H19ClN6O3/c1-13-20(22(30)28(25-13)19-6-4-5-16(23)11-19)12-24-21-14(2)26-27(15(21)3)17-7-9-18(10-8-17)29(31)32/h4-12,25H,1-3H3. The first kappa shape index (κ1) is 21.3. The van der Waals surface area contributed by atoms with Crippen LogP contribution in [0.25, 0.3) is 11.4 Å². The molecule has 0 atom stereocenters. The number of aromatic nitrogens is 4. The number of nitrogens with one attached hydrogen (secondary N) is 1. The van der Waals surface area contributed by atoms with E-state index in [1.807, 2.05) is 13.8 Å². The third kappa shape index (κ3) is 3.85. The van der Waals surface area contributed by atoms with Gasteiger partial charge in [0.25, 0.3) is 11.2 Å². The average Bonchev–Trinajstić information content (AvgIpc) is 3.21. The Morgan fingerprint density at radius 1 is 1.12 bits per heavy atom. The molecule has 10 heteroatoms. The van der Waals surface area contributed by atoms with E-state index in [1.54, 1.807) is 48.0 Å². The largest absolute Gasteiger partial charge is 0.295 e. The van der Waals surface area contributed by atoms with Gasteiger partial charge in [-0.2, -0.15) is 5.10 Å². The molecule has 0 saturated heterocycles. The van der Waals surface area contributed by atoms with Crippen LogP contribution in [-0.4, -0.2) is 30.7 Å². The molecule has 0 bridgehead atoms. The third-order valence-corrected chi connectivity index (χ3v) is 5.30. The van der Waals surface area contributed by atoms with Crippen molar-refractivity contribution in [1.29, 1.82) is 0 Å². The lowest BCUT2D eigenvalue weighted by Gasteiger charge is -2.03. The van der Waals surface area contributed by atoms with Crippen LogP contribution in [-0.2, 0) is 0 Å². The van der Waals surface area contributed by atoms with Crippen molar-refractivity contribution in [2.24, 2.45) is 4.99 Å². The minimum atomic E-state index is -0.448. The van der Waals surface area contributed by atoms with E-state index >= 15 is 0 Å². The van der Waals surface area contributed by atoms with E-state index in [0.29, 0.717) is 39.0 Å². The number of non-ortho nitro benzene ring substituents is 1. The monoisotopic (exact) mass is 450 g/mol. The molecule has 0 unspecified atom stereocenters. The second-order valence-electron chi connectivity index (χ2n) is 7.23. The summed E-state index contributed by atoms with van der Waals surface area (Å²) in [6.07, 6.45) is 1.52. The molecule has 0 amide bonds. The highest BCUT2D eigenvalue weighted by molar-refractivity contribution is 6.30. The zero-order valence-electron chi connectivity index (χ0n) is 17.5. The van der Waals surface area contributed by atoms with E-state index in [2.05, 4.69) is 15.2 Å². The Kier molecular flexibility index (Phi) is 5.50. The number of nitro groups is 1. The minimum absolute atomic E-state index is 0.00689. The second kappa shape index (κ2) is 8.27. The van der Waals surface area contributed by atoms with Gasteiger partial charge >= 0.3 is 0 Å². The fraction of sp³-hybridized carbons (Fsp3) is 0.136. The maximum absolute atomic E-state index is 12.9. The predicted octanol–water partition coefficient (Wildman–Crippen LogP) is 4.59. The highest BCUT2D eigenvalue weighted by Gasteiger charge is 2.15. The van der Waals surface area contributed by atoms with Crippen LogP contribution in [0.3, 0.4) is 0 Å². The number of hydrogen-bond donors (Lipinski definition) is 1. The summed E-state index contributed by atoms with van der Waals surface area (Å²) in [5.74, 6) is 0. The van der Waals surface area contributed by atoms with Crippen molar-refractivity contribution in [2.45, 2.75) is 20.8 Å². The van der Waals surface area contributed by atoms with E-state index in [0.717, 1.165) is 5.69 Å². The normalized spacial score (nSPS) is 11.4. The van der Waals surface area contributed by atoms with Crippen molar-refractivity contribution in [3.05, 3.63) is 96.7 Å². The molecular formula is C22H19ClN6O3. The molecule has 0 radical (unpaired) electrons. The van der Waals surface area contributed by atoms with E-state index < -0.39 is 4.92 Å². The van der Waals surface area contributed by atoms with Gasteiger partial charge in [-0.15, -0.1) is 0 Å². The summed E-state index contributed by atoms with van der Waals surface area (Å²) in [6.45, 7) is 5.46. The number of nitrogens with zero attached hydrogens (tertiary/aromatic N) is 5. The SMILES string of the molecule is Cc1nn(-c2ccc([N+](=O)[O-])cc2)c(C)c1N=Cc1c(C)[nH]n(-c2cccc(Cl)c2)c1=O. The fourth-order valence-corrected chi connectivity index (χ4v) is 3.61. The van der Waals surface area contributed by atoms with Gasteiger partial charge in [0.15, 0.2) is 0 Å². The number of benzene rings is 2. The highest BCUT2D eigenvalue weighted by atomic mass is 35.5. The molecule has 9 nitrogen and oxygen atoms in total. The second-order valence-corrected chi connectivity index (χ2v) is 7.67. The summed E-state index contributed by atoms with van der Waals surface area (Å²) in [5, 5.41) is 19.0. The number of rotatable bonds is 5. The van der Waals surface area contributed by atoms with E-state index in [9.17, 15) is 14.9 Å².